The molecule has 0 fully saturated rings. The van der Waals surface area contributed by atoms with E-state index < -0.39 is 0 Å². The Morgan fingerprint density at radius 3 is 2.00 bits per heavy atom. The van der Waals surface area contributed by atoms with Gasteiger partial charge in [0, 0.05) is 23.2 Å². The van der Waals surface area contributed by atoms with Crippen LogP contribution < -0.4 is 9.47 Å². The van der Waals surface area contributed by atoms with E-state index in [0.29, 0.717) is 23.3 Å². The highest BCUT2D eigenvalue weighted by atomic mass is 32.1. The van der Waals surface area contributed by atoms with E-state index >= 15 is 0 Å². The minimum atomic E-state index is 0.424. The first-order chi connectivity index (χ1) is 6.43. The van der Waals surface area contributed by atoms with Crippen molar-refractivity contribution in [3.05, 3.63) is 23.2 Å². The molecule has 0 saturated heterocycles. The Labute approximate surface area is 77.8 Å². The van der Waals surface area contributed by atoms with Crippen LogP contribution in [0.5, 0.6) is 23.3 Å². The highest BCUT2D eigenvalue weighted by Gasteiger charge is 2.20. The zero-order valence-corrected chi connectivity index (χ0v) is 7.25. The number of rotatable bonds is 0. The maximum atomic E-state index is 5.43. The van der Waals surface area contributed by atoms with E-state index in [1.54, 1.807) is 12.4 Å². The molecule has 0 bridgehead atoms. The van der Waals surface area contributed by atoms with Gasteiger partial charge in [0.1, 0.15) is 0 Å². The molecule has 2 aromatic rings. The Balaban J connectivity index is 2.14. The zero-order valence-electron chi connectivity index (χ0n) is 6.43. The smallest absolute Gasteiger partial charge is 0.284 e. The van der Waals surface area contributed by atoms with E-state index in [9.17, 15) is 0 Å². The molecule has 0 aliphatic carbocycles. The third-order valence-corrected chi connectivity index (χ3v) is 2.34. The standard InChI is InChI=1S/C8H4N2O2S/c1-2-10-8-7(9-1)11-5-3-13-4-6(5)12-8/h1-4H. The quantitative estimate of drug-likeness (QED) is 0.548. The Morgan fingerprint density at radius 1 is 0.923 bits per heavy atom. The number of hydrogen-bond donors (Lipinski definition) is 0. The second kappa shape index (κ2) is 2.43. The van der Waals surface area contributed by atoms with Crippen molar-refractivity contribution in [2.24, 2.45) is 0 Å². The van der Waals surface area contributed by atoms with Crippen molar-refractivity contribution < 1.29 is 9.47 Å². The lowest BCUT2D eigenvalue weighted by Gasteiger charge is -2.14. The Morgan fingerprint density at radius 2 is 1.46 bits per heavy atom. The molecule has 64 valence electrons. The molecule has 0 spiro atoms. The third kappa shape index (κ3) is 0.972. The summed E-state index contributed by atoms with van der Waals surface area (Å²) in [6, 6.07) is 0. The molecule has 0 saturated carbocycles. The van der Waals surface area contributed by atoms with Crippen LogP contribution in [0, 0.1) is 0 Å². The van der Waals surface area contributed by atoms with Gasteiger partial charge in [-0.1, -0.05) is 0 Å². The van der Waals surface area contributed by atoms with Crippen LogP contribution in [-0.2, 0) is 0 Å². The van der Waals surface area contributed by atoms with Crippen molar-refractivity contribution in [3.8, 4) is 23.3 Å². The molecule has 13 heavy (non-hydrogen) atoms. The van der Waals surface area contributed by atoms with Gasteiger partial charge in [-0.25, -0.2) is 9.97 Å². The predicted molar refractivity (Wildman–Crippen MR) is 46.5 cm³/mol. The van der Waals surface area contributed by atoms with Gasteiger partial charge in [-0.15, -0.1) is 11.3 Å². The van der Waals surface area contributed by atoms with Gasteiger partial charge < -0.3 is 9.47 Å². The summed E-state index contributed by atoms with van der Waals surface area (Å²) >= 11 is 1.52. The number of fused-ring (bicyclic) bond motifs is 2. The second-order valence-electron chi connectivity index (χ2n) is 2.47. The molecule has 1 aliphatic heterocycles. The first-order valence-electron chi connectivity index (χ1n) is 3.66. The van der Waals surface area contributed by atoms with Gasteiger partial charge in [0.25, 0.3) is 11.8 Å². The van der Waals surface area contributed by atoms with Crippen LogP contribution in [0.2, 0.25) is 0 Å². The molecular weight excluding hydrogens is 188 g/mol. The lowest BCUT2D eigenvalue weighted by Crippen LogP contribution is -1.99. The van der Waals surface area contributed by atoms with Crippen molar-refractivity contribution >= 4 is 11.3 Å². The maximum Gasteiger partial charge on any atom is 0.284 e. The van der Waals surface area contributed by atoms with Crippen molar-refractivity contribution in [1.82, 2.24) is 9.97 Å². The number of aromatic nitrogens is 2. The first kappa shape index (κ1) is 6.85. The zero-order chi connectivity index (χ0) is 8.67. The van der Waals surface area contributed by atoms with Crippen molar-refractivity contribution in [1.29, 1.82) is 0 Å². The lowest BCUT2D eigenvalue weighted by atomic mass is 10.5. The summed E-state index contributed by atoms with van der Waals surface area (Å²) in [4.78, 5) is 7.99. The number of thiophene rings is 1. The van der Waals surface area contributed by atoms with Gasteiger partial charge in [0.05, 0.1) is 0 Å². The van der Waals surface area contributed by atoms with Gasteiger partial charge in [0.2, 0.25) is 0 Å². The summed E-state index contributed by atoms with van der Waals surface area (Å²) in [6.45, 7) is 0. The summed E-state index contributed by atoms with van der Waals surface area (Å²) < 4.78 is 10.9. The SMILES string of the molecule is c1cnc2c(n1)Oc1cscc1O2. The van der Waals surface area contributed by atoms with Crippen LogP contribution in [-0.4, -0.2) is 9.97 Å². The van der Waals surface area contributed by atoms with Crippen molar-refractivity contribution in [2.45, 2.75) is 0 Å². The minimum absolute atomic E-state index is 0.424. The monoisotopic (exact) mass is 192 g/mol. The van der Waals surface area contributed by atoms with Gasteiger partial charge in [0.15, 0.2) is 11.5 Å². The summed E-state index contributed by atoms with van der Waals surface area (Å²) in [6.07, 6.45) is 3.14. The largest absolute Gasteiger partial charge is 0.430 e. The maximum absolute atomic E-state index is 5.43. The highest BCUT2D eigenvalue weighted by Crippen LogP contribution is 2.44. The first-order valence-corrected chi connectivity index (χ1v) is 4.61. The van der Waals surface area contributed by atoms with E-state index in [1.807, 2.05) is 10.8 Å². The fraction of sp³-hybridized carbons (Fsp3) is 0. The molecule has 5 heteroatoms. The van der Waals surface area contributed by atoms with Crippen molar-refractivity contribution in [3.63, 3.8) is 0 Å². The minimum Gasteiger partial charge on any atom is -0.430 e. The Hall–Kier alpha value is -1.62. The Kier molecular flexibility index (Phi) is 1.28. The molecule has 0 amide bonds. The molecule has 1 aliphatic rings. The molecule has 0 N–H and O–H groups in total. The lowest BCUT2D eigenvalue weighted by molar-refractivity contribution is 0.339. The fourth-order valence-electron chi connectivity index (χ4n) is 1.08. The van der Waals surface area contributed by atoms with Crippen LogP contribution >= 0.6 is 11.3 Å². The van der Waals surface area contributed by atoms with E-state index in [2.05, 4.69) is 9.97 Å². The summed E-state index contributed by atoms with van der Waals surface area (Å²) in [5.74, 6) is 2.26. The van der Waals surface area contributed by atoms with Crippen LogP contribution in [0.25, 0.3) is 0 Å². The van der Waals surface area contributed by atoms with E-state index in [1.165, 1.54) is 11.3 Å². The molecule has 2 aromatic heterocycles. The van der Waals surface area contributed by atoms with Gasteiger partial charge in [-0.3, -0.25) is 0 Å². The highest BCUT2D eigenvalue weighted by molar-refractivity contribution is 7.08. The van der Waals surface area contributed by atoms with E-state index in [4.69, 9.17) is 9.47 Å². The molecular formula is C8H4N2O2S. The predicted octanol–water partition coefficient (Wildman–Crippen LogP) is 2.44. The van der Waals surface area contributed by atoms with Crippen LogP contribution in [0.1, 0.15) is 0 Å². The number of ether oxygens (including phenoxy) is 2. The molecule has 0 atom stereocenters. The molecule has 3 heterocycles. The summed E-state index contributed by atoms with van der Waals surface area (Å²) in [5.41, 5.74) is 0. The normalized spacial score (nSPS) is 12.3. The van der Waals surface area contributed by atoms with Gasteiger partial charge in [-0.2, -0.15) is 0 Å². The third-order valence-electron chi connectivity index (χ3n) is 1.64. The van der Waals surface area contributed by atoms with E-state index in [-0.39, 0.29) is 0 Å². The molecule has 0 radical (unpaired) electrons. The van der Waals surface area contributed by atoms with Crippen molar-refractivity contribution in [2.75, 3.05) is 0 Å². The summed E-state index contributed by atoms with van der Waals surface area (Å²) in [5, 5.41) is 3.74. The molecule has 0 unspecified atom stereocenters. The average Bonchev–Trinajstić information content (AvgIpc) is 2.61. The topological polar surface area (TPSA) is 44.2 Å². The fourth-order valence-corrected chi connectivity index (χ4v) is 1.73. The van der Waals surface area contributed by atoms with Crippen LogP contribution in [0.15, 0.2) is 23.2 Å². The number of hydrogen-bond acceptors (Lipinski definition) is 5. The molecule has 4 nitrogen and oxygen atoms in total. The molecule has 3 rings (SSSR count). The Bertz CT molecular complexity index is 415. The van der Waals surface area contributed by atoms with Crippen LogP contribution in [0.3, 0.4) is 0 Å². The van der Waals surface area contributed by atoms with Gasteiger partial charge >= 0.3 is 0 Å². The number of nitrogens with zero attached hydrogens (tertiary/aromatic N) is 2. The molecule has 0 aromatic carbocycles. The average molecular weight is 192 g/mol. The summed E-state index contributed by atoms with van der Waals surface area (Å²) in [7, 11) is 0. The van der Waals surface area contributed by atoms with Crippen LogP contribution in [0.4, 0.5) is 0 Å². The second-order valence-corrected chi connectivity index (χ2v) is 3.21. The van der Waals surface area contributed by atoms with E-state index in [0.717, 1.165) is 0 Å². The van der Waals surface area contributed by atoms with Gasteiger partial charge in [-0.05, 0) is 0 Å².